The van der Waals surface area contributed by atoms with E-state index in [4.69, 9.17) is 4.74 Å². The molecule has 1 aromatic carbocycles. The minimum Gasteiger partial charge on any atom is -0.387 e. The lowest BCUT2D eigenvalue weighted by molar-refractivity contribution is 0.184. The molecule has 1 unspecified atom stereocenters. The molecular formula is C13H16FN3O2S. The highest BCUT2D eigenvalue weighted by atomic mass is 32.2. The number of hydrogen-bond acceptors (Lipinski definition) is 5. The fourth-order valence-corrected chi connectivity index (χ4v) is 2.58. The predicted molar refractivity (Wildman–Crippen MR) is 74.0 cm³/mol. The fourth-order valence-electron chi connectivity index (χ4n) is 1.69. The molecular weight excluding hydrogens is 281 g/mol. The highest BCUT2D eigenvalue weighted by Crippen LogP contribution is 2.24. The van der Waals surface area contributed by atoms with Crippen molar-refractivity contribution < 1.29 is 14.2 Å². The largest absolute Gasteiger partial charge is 0.387 e. The van der Waals surface area contributed by atoms with Crippen molar-refractivity contribution in [2.24, 2.45) is 0 Å². The Morgan fingerprint density at radius 1 is 1.45 bits per heavy atom. The van der Waals surface area contributed by atoms with E-state index >= 15 is 0 Å². The van der Waals surface area contributed by atoms with Crippen molar-refractivity contribution in [1.82, 2.24) is 14.8 Å². The van der Waals surface area contributed by atoms with Crippen molar-refractivity contribution in [3.63, 3.8) is 0 Å². The first-order chi connectivity index (χ1) is 9.72. The SMILES string of the molecule is COCCn1cnnc1SCC(O)c1ccccc1F. The van der Waals surface area contributed by atoms with Crippen LogP contribution in [0.2, 0.25) is 0 Å². The van der Waals surface area contributed by atoms with E-state index in [0.29, 0.717) is 29.6 Å². The lowest BCUT2D eigenvalue weighted by Crippen LogP contribution is -2.07. The van der Waals surface area contributed by atoms with Crippen LogP contribution in [-0.2, 0) is 11.3 Å². The topological polar surface area (TPSA) is 60.2 Å². The first kappa shape index (κ1) is 15.0. The summed E-state index contributed by atoms with van der Waals surface area (Å²) in [6, 6.07) is 6.22. The van der Waals surface area contributed by atoms with Gasteiger partial charge in [-0.1, -0.05) is 30.0 Å². The van der Waals surface area contributed by atoms with Gasteiger partial charge in [-0.3, -0.25) is 0 Å². The van der Waals surface area contributed by atoms with E-state index in [-0.39, 0.29) is 0 Å². The van der Waals surface area contributed by atoms with Crippen molar-refractivity contribution in [2.45, 2.75) is 17.8 Å². The highest BCUT2D eigenvalue weighted by Gasteiger charge is 2.14. The smallest absolute Gasteiger partial charge is 0.191 e. The molecule has 0 saturated carbocycles. The number of aliphatic hydroxyl groups is 1. The normalized spacial score (nSPS) is 12.6. The summed E-state index contributed by atoms with van der Waals surface area (Å²) in [7, 11) is 1.62. The molecule has 1 heterocycles. The number of nitrogens with zero attached hydrogens (tertiary/aromatic N) is 3. The Kier molecular flexibility index (Phi) is 5.51. The van der Waals surface area contributed by atoms with E-state index in [0.717, 1.165) is 0 Å². The lowest BCUT2D eigenvalue weighted by Gasteiger charge is -2.11. The monoisotopic (exact) mass is 297 g/mol. The lowest BCUT2D eigenvalue weighted by atomic mass is 10.1. The number of thioether (sulfide) groups is 1. The van der Waals surface area contributed by atoms with Gasteiger partial charge in [-0.2, -0.15) is 0 Å². The van der Waals surface area contributed by atoms with Gasteiger partial charge in [-0.05, 0) is 6.07 Å². The fraction of sp³-hybridized carbons (Fsp3) is 0.385. The van der Waals surface area contributed by atoms with Gasteiger partial charge in [0.05, 0.1) is 12.7 Å². The molecule has 5 nitrogen and oxygen atoms in total. The van der Waals surface area contributed by atoms with Crippen molar-refractivity contribution in [1.29, 1.82) is 0 Å². The second kappa shape index (κ2) is 7.37. The maximum absolute atomic E-state index is 13.5. The number of aliphatic hydroxyl groups excluding tert-OH is 1. The summed E-state index contributed by atoms with van der Waals surface area (Å²) < 4.78 is 20.4. The zero-order chi connectivity index (χ0) is 14.4. The zero-order valence-electron chi connectivity index (χ0n) is 11.1. The first-order valence-corrected chi connectivity index (χ1v) is 7.13. The number of ether oxygens (including phenoxy) is 1. The number of methoxy groups -OCH3 is 1. The Bertz CT molecular complexity index is 550. The van der Waals surface area contributed by atoms with Crippen molar-refractivity contribution in [3.05, 3.63) is 42.0 Å². The van der Waals surface area contributed by atoms with Gasteiger partial charge in [0.1, 0.15) is 12.1 Å². The quantitative estimate of drug-likeness (QED) is 0.791. The summed E-state index contributed by atoms with van der Waals surface area (Å²) >= 11 is 1.33. The average molecular weight is 297 g/mol. The molecule has 0 saturated heterocycles. The Labute approximate surface area is 120 Å². The van der Waals surface area contributed by atoms with Gasteiger partial charge >= 0.3 is 0 Å². The first-order valence-electron chi connectivity index (χ1n) is 6.14. The number of rotatable bonds is 7. The molecule has 1 aromatic heterocycles. The molecule has 0 spiro atoms. The Morgan fingerprint density at radius 3 is 3.00 bits per heavy atom. The molecule has 1 atom stereocenters. The number of hydrogen-bond donors (Lipinski definition) is 1. The third-order valence-corrected chi connectivity index (χ3v) is 3.81. The third-order valence-electron chi connectivity index (χ3n) is 2.75. The van der Waals surface area contributed by atoms with E-state index in [9.17, 15) is 9.50 Å². The second-order valence-electron chi connectivity index (χ2n) is 4.15. The third kappa shape index (κ3) is 3.78. The summed E-state index contributed by atoms with van der Waals surface area (Å²) in [5, 5.41) is 18.5. The summed E-state index contributed by atoms with van der Waals surface area (Å²) in [6.45, 7) is 1.20. The van der Waals surface area contributed by atoms with Gasteiger partial charge in [0.15, 0.2) is 5.16 Å². The summed E-state index contributed by atoms with van der Waals surface area (Å²) in [5.74, 6) is -0.0893. The molecule has 0 aliphatic rings. The molecule has 2 rings (SSSR count). The maximum Gasteiger partial charge on any atom is 0.191 e. The molecule has 108 valence electrons. The van der Waals surface area contributed by atoms with Gasteiger partial charge in [-0.25, -0.2) is 4.39 Å². The van der Waals surface area contributed by atoms with Crippen LogP contribution in [0.4, 0.5) is 4.39 Å². The van der Waals surface area contributed by atoms with Crippen molar-refractivity contribution in [3.8, 4) is 0 Å². The Morgan fingerprint density at radius 2 is 2.25 bits per heavy atom. The molecule has 1 N–H and O–H groups in total. The van der Waals surface area contributed by atoms with Gasteiger partial charge in [-0.15, -0.1) is 10.2 Å². The van der Waals surface area contributed by atoms with Crippen LogP contribution in [-0.4, -0.2) is 39.3 Å². The zero-order valence-corrected chi connectivity index (χ0v) is 11.9. The second-order valence-corrected chi connectivity index (χ2v) is 5.14. The minimum absolute atomic E-state index is 0.294. The Balaban J connectivity index is 1.95. The van der Waals surface area contributed by atoms with Crippen LogP contribution in [0.3, 0.4) is 0 Å². The van der Waals surface area contributed by atoms with E-state index in [2.05, 4.69) is 10.2 Å². The van der Waals surface area contributed by atoms with Gasteiger partial charge in [0.2, 0.25) is 0 Å². The van der Waals surface area contributed by atoms with Crippen LogP contribution < -0.4 is 0 Å². The molecule has 0 aliphatic carbocycles. The molecule has 20 heavy (non-hydrogen) atoms. The average Bonchev–Trinajstić information content (AvgIpc) is 2.90. The highest BCUT2D eigenvalue weighted by molar-refractivity contribution is 7.99. The van der Waals surface area contributed by atoms with Crippen LogP contribution >= 0.6 is 11.8 Å². The van der Waals surface area contributed by atoms with Crippen LogP contribution in [0.1, 0.15) is 11.7 Å². The van der Waals surface area contributed by atoms with E-state index in [1.54, 1.807) is 31.6 Å². The minimum atomic E-state index is -0.881. The van der Waals surface area contributed by atoms with Gasteiger partial charge < -0.3 is 14.4 Å². The van der Waals surface area contributed by atoms with Crippen molar-refractivity contribution >= 4 is 11.8 Å². The molecule has 0 aliphatic heterocycles. The molecule has 0 radical (unpaired) electrons. The van der Waals surface area contributed by atoms with E-state index in [1.165, 1.54) is 17.8 Å². The predicted octanol–water partition coefficient (Wildman–Crippen LogP) is 1.89. The Hall–Kier alpha value is -1.44. The molecule has 0 amide bonds. The van der Waals surface area contributed by atoms with E-state index < -0.39 is 11.9 Å². The van der Waals surface area contributed by atoms with Crippen LogP contribution in [0.25, 0.3) is 0 Å². The standard InChI is InChI=1S/C13H16FN3O2S/c1-19-7-6-17-9-15-16-13(17)20-8-12(18)10-4-2-3-5-11(10)14/h2-5,9,12,18H,6-8H2,1H3. The van der Waals surface area contributed by atoms with Crippen LogP contribution in [0.5, 0.6) is 0 Å². The number of aromatic nitrogens is 3. The molecule has 2 aromatic rings. The van der Waals surface area contributed by atoms with Crippen molar-refractivity contribution in [2.75, 3.05) is 19.5 Å². The summed E-state index contributed by atoms with van der Waals surface area (Å²) in [4.78, 5) is 0. The summed E-state index contributed by atoms with van der Waals surface area (Å²) in [5.41, 5.74) is 0.294. The molecule has 7 heteroatoms. The molecule has 0 fully saturated rings. The van der Waals surface area contributed by atoms with Gasteiger partial charge in [0, 0.05) is 25.0 Å². The summed E-state index contributed by atoms with van der Waals surface area (Å²) in [6.07, 6.45) is 0.727. The molecule has 0 bridgehead atoms. The van der Waals surface area contributed by atoms with Crippen LogP contribution in [0.15, 0.2) is 35.7 Å². The maximum atomic E-state index is 13.5. The van der Waals surface area contributed by atoms with E-state index in [1.807, 2.05) is 4.57 Å². The van der Waals surface area contributed by atoms with Crippen LogP contribution in [0, 0.1) is 5.82 Å². The number of benzene rings is 1. The number of halogens is 1. The van der Waals surface area contributed by atoms with Gasteiger partial charge in [0.25, 0.3) is 0 Å².